The van der Waals surface area contributed by atoms with Crippen molar-refractivity contribution in [2.75, 3.05) is 19.7 Å². The molecule has 4 heterocycles. The van der Waals surface area contributed by atoms with Crippen molar-refractivity contribution in [1.29, 1.82) is 0 Å². The Morgan fingerprint density at radius 3 is 3.08 bits per heavy atom. The number of fused-ring (bicyclic) bond motifs is 1. The minimum absolute atomic E-state index is 0.0248. The molecule has 2 aromatic rings. The number of rotatable bonds is 4. The van der Waals surface area contributed by atoms with E-state index in [1.54, 1.807) is 12.5 Å². The van der Waals surface area contributed by atoms with Crippen LogP contribution in [0.15, 0.2) is 35.1 Å². The maximum absolute atomic E-state index is 12.5. The first-order valence-electron chi connectivity index (χ1n) is 8.50. The van der Waals surface area contributed by atoms with Gasteiger partial charge in [0.15, 0.2) is 0 Å². The van der Waals surface area contributed by atoms with Crippen LogP contribution in [0.4, 0.5) is 0 Å². The van der Waals surface area contributed by atoms with Gasteiger partial charge >= 0.3 is 0 Å². The van der Waals surface area contributed by atoms with Gasteiger partial charge in [0.05, 0.1) is 37.6 Å². The van der Waals surface area contributed by atoms with Gasteiger partial charge in [-0.25, -0.2) is 5.06 Å². The molecule has 0 spiro atoms. The number of hydrogen-bond donors (Lipinski definition) is 0. The second kappa shape index (κ2) is 6.78. The van der Waals surface area contributed by atoms with Crippen molar-refractivity contribution in [2.24, 2.45) is 0 Å². The smallest absolute Gasteiger partial charge is 0.248 e. The average molecular weight is 330 g/mol. The third-order valence-electron chi connectivity index (χ3n) is 4.60. The fourth-order valence-corrected chi connectivity index (χ4v) is 3.46. The van der Waals surface area contributed by atoms with Gasteiger partial charge in [0, 0.05) is 25.8 Å². The van der Waals surface area contributed by atoms with Gasteiger partial charge in [0.25, 0.3) is 0 Å². The van der Waals surface area contributed by atoms with Gasteiger partial charge in [-0.1, -0.05) is 0 Å². The van der Waals surface area contributed by atoms with E-state index in [4.69, 9.17) is 9.25 Å². The highest BCUT2D eigenvalue weighted by Crippen LogP contribution is 2.25. The lowest BCUT2D eigenvalue weighted by molar-refractivity contribution is -0.198. The van der Waals surface area contributed by atoms with Crippen LogP contribution >= 0.6 is 0 Å². The minimum atomic E-state index is 0.0248. The summed E-state index contributed by atoms with van der Waals surface area (Å²) in [5, 5.41) is 5.95. The Labute approximate surface area is 140 Å². The summed E-state index contributed by atoms with van der Waals surface area (Å²) in [5.41, 5.74) is 1.13. The predicted octanol–water partition coefficient (Wildman–Crippen LogP) is 1.98. The first-order valence-corrected chi connectivity index (χ1v) is 8.50. The van der Waals surface area contributed by atoms with Crippen LogP contribution in [-0.4, -0.2) is 45.3 Å². The molecule has 2 aromatic heterocycles. The van der Waals surface area contributed by atoms with Crippen molar-refractivity contribution >= 4 is 5.91 Å². The zero-order chi connectivity index (χ0) is 16.4. The zero-order valence-electron chi connectivity index (χ0n) is 13.6. The molecule has 128 valence electrons. The van der Waals surface area contributed by atoms with Gasteiger partial charge in [-0.3, -0.25) is 19.2 Å². The lowest BCUT2D eigenvalue weighted by Crippen LogP contribution is -2.41. The Bertz CT molecular complexity index is 676. The van der Waals surface area contributed by atoms with Crippen molar-refractivity contribution in [3.63, 3.8) is 0 Å². The molecular weight excluding hydrogens is 308 g/mol. The maximum atomic E-state index is 12.5. The number of carbonyl (C=O) groups is 1. The van der Waals surface area contributed by atoms with Crippen LogP contribution in [0.25, 0.3) is 0 Å². The molecule has 24 heavy (non-hydrogen) atoms. The fourth-order valence-electron chi connectivity index (χ4n) is 3.46. The van der Waals surface area contributed by atoms with Crippen LogP contribution < -0.4 is 0 Å². The molecule has 0 saturated carbocycles. The highest BCUT2D eigenvalue weighted by molar-refractivity contribution is 5.75. The topological polar surface area (TPSA) is 63.7 Å². The van der Waals surface area contributed by atoms with E-state index in [-0.39, 0.29) is 11.9 Å². The Morgan fingerprint density at radius 1 is 1.33 bits per heavy atom. The van der Waals surface area contributed by atoms with Gasteiger partial charge < -0.3 is 4.42 Å². The Balaban J connectivity index is 1.46. The van der Waals surface area contributed by atoms with Crippen molar-refractivity contribution < 1.29 is 14.0 Å². The summed E-state index contributed by atoms with van der Waals surface area (Å²) in [5.74, 6) is 0.980. The first kappa shape index (κ1) is 15.4. The number of furan rings is 1. The van der Waals surface area contributed by atoms with E-state index in [1.165, 1.54) is 5.06 Å². The van der Waals surface area contributed by atoms with Crippen molar-refractivity contribution in [1.82, 2.24) is 19.7 Å². The van der Waals surface area contributed by atoms with Gasteiger partial charge in [-0.15, -0.1) is 0 Å². The van der Waals surface area contributed by atoms with Gasteiger partial charge in [-0.2, -0.15) is 5.10 Å². The number of hydrogen-bond acceptors (Lipinski definition) is 5. The SMILES string of the molecule is O=C(C[C@@H]1CN(Cc2ccco2)Cc2ccnn21)N1CCCCO1. The third kappa shape index (κ3) is 3.22. The molecule has 0 aliphatic carbocycles. The summed E-state index contributed by atoms with van der Waals surface area (Å²) in [6.07, 6.45) is 5.93. The molecule has 7 nitrogen and oxygen atoms in total. The van der Waals surface area contributed by atoms with E-state index in [0.717, 1.165) is 43.9 Å². The van der Waals surface area contributed by atoms with Gasteiger partial charge in [0.2, 0.25) is 5.91 Å². The molecule has 1 fully saturated rings. The largest absolute Gasteiger partial charge is 0.468 e. The molecule has 1 saturated heterocycles. The van der Waals surface area contributed by atoms with E-state index in [9.17, 15) is 4.79 Å². The maximum Gasteiger partial charge on any atom is 0.248 e. The van der Waals surface area contributed by atoms with E-state index in [2.05, 4.69) is 10.00 Å². The van der Waals surface area contributed by atoms with Crippen LogP contribution in [0.3, 0.4) is 0 Å². The monoisotopic (exact) mass is 330 g/mol. The number of hydroxylamine groups is 2. The molecule has 7 heteroatoms. The van der Waals surface area contributed by atoms with Crippen molar-refractivity contribution in [3.8, 4) is 0 Å². The summed E-state index contributed by atoms with van der Waals surface area (Å²) in [6.45, 7) is 3.64. The number of carbonyl (C=O) groups excluding carboxylic acids is 1. The molecular formula is C17H22N4O3. The van der Waals surface area contributed by atoms with Crippen LogP contribution in [0, 0.1) is 0 Å². The summed E-state index contributed by atoms with van der Waals surface area (Å²) < 4.78 is 7.44. The van der Waals surface area contributed by atoms with E-state index in [1.807, 2.05) is 22.9 Å². The second-order valence-electron chi connectivity index (χ2n) is 6.41. The molecule has 1 amide bonds. The van der Waals surface area contributed by atoms with Crippen molar-refractivity contribution in [2.45, 2.75) is 38.4 Å². The molecule has 2 aliphatic heterocycles. The third-order valence-corrected chi connectivity index (χ3v) is 4.60. The predicted molar refractivity (Wildman–Crippen MR) is 85.6 cm³/mol. The second-order valence-corrected chi connectivity index (χ2v) is 6.41. The summed E-state index contributed by atoms with van der Waals surface area (Å²) in [7, 11) is 0. The molecule has 0 aromatic carbocycles. The van der Waals surface area contributed by atoms with E-state index in [0.29, 0.717) is 19.6 Å². The van der Waals surface area contributed by atoms with Crippen LogP contribution in [0.1, 0.15) is 36.8 Å². The van der Waals surface area contributed by atoms with Gasteiger partial charge in [-0.05, 0) is 31.0 Å². The number of aromatic nitrogens is 2. The standard InChI is InChI=1S/C17H22N4O3/c22-17(20-7-1-2-9-24-20)10-15-12-19(13-16-4-3-8-23-16)11-14-5-6-18-21(14)15/h3-6,8,15H,1-2,7,9-13H2/t15-/m1/s1. The summed E-state index contributed by atoms with van der Waals surface area (Å²) in [4.78, 5) is 20.3. The van der Waals surface area contributed by atoms with Crippen molar-refractivity contribution in [3.05, 3.63) is 42.1 Å². The molecule has 2 aliphatic rings. The molecule has 0 unspecified atom stereocenters. The van der Waals surface area contributed by atoms with E-state index >= 15 is 0 Å². The Hall–Kier alpha value is -2.12. The van der Waals surface area contributed by atoms with Gasteiger partial charge in [0.1, 0.15) is 5.76 Å². The molecule has 0 radical (unpaired) electrons. The molecule has 0 N–H and O–H groups in total. The zero-order valence-corrected chi connectivity index (χ0v) is 13.6. The van der Waals surface area contributed by atoms with Crippen LogP contribution in [0.5, 0.6) is 0 Å². The van der Waals surface area contributed by atoms with E-state index < -0.39 is 0 Å². The quantitative estimate of drug-likeness (QED) is 0.858. The lowest BCUT2D eigenvalue weighted by atomic mass is 10.1. The average Bonchev–Trinajstić information content (AvgIpc) is 3.27. The number of amides is 1. The Morgan fingerprint density at radius 2 is 2.29 bits per heavy atom. The summed E-state index contributed by atoms with van der Waals surface area (Å²) >= 11 is 0. The summed E-state index contributed by atoms with van der Waals surface area (Å²) in [6, 6.07) is 5.92. The highest BCUT2D eigenvalue weighted by atomic mass is 16.7. The lowest BCUT2D eigenvalue weighted by Gasteiger charge is -2.34. The Kier molecular flexibility index (Phi) is 4.36. The normalized spacial score (nSPS) is 21.7. The molecule has 4 rings (SSSR count). The van der Waals surface area contributed by atoms with Crippen LogP contribution in [0.2, 0.25) is 0 Å². The fraction of sp³-hybridized carbons (Fsp3) is 0.529. The highest BCUT2D eigenvalue weighted by Gasteiger charge is 2.30. The first-order chi connectivity index (χ1) is 11.8. The number of nitrogens with zero attached hydrogens (tertiary/aromatic N) is 4. The molecule has 0 bridgehead atoms. The molecule has 1 atom stereocenters. The van der Waals surface area contributed by atoms with Crippen LogP contribution in [-0.2, 0) is 22.7 Å². The minimum Gasteiger partial charge on any atom is -0.468 e.